The van der Waals surface area contributed by atoms with Gasteiger partial charge in [-0.3, -0.25) is 9.59 Å². The third kappa shape index (κ3) is 6.38. The topological polar surface area (TPSA) is 95.5 Å². The van der Waals surface area contributed by atoms with Gasteiger partial charge in [-0.1, -0.05) is 45.7 Å². The molecule has 0 radical (unpaired) electrons. The zero-order valence-corrected chi connectivity index (χ0v) is 15.7. The van der Waals surface area contributed by atoms with Gasteiger partial charge < -0.3 is 15.7 Å². The molecule has 0 bridgehead atoms. The highest BCUT2D eigenvalue weighted by Crippen LogP contribution is 2.22. The Kier molecular flexibility index (Phi) is 7.90. The Balaban J connectivity index is 2.96. The van der Waals surface area contributed by atoms with Crippen molar-refractivity contribution >= 4 is 35.1 Å². The lowest BCUT2D eigenvalue weighted by Gasteiger charge is -2.20. The molecule has 3 N–H and O–H groups in total. The fourth-order valence-electron chi connectivity index (χ4n) is 2.26. The van der Waals surface area contributed by atoms with Crippen LogP contribution in [0.2, 0.25) is 5.02 Å². The normalized spacial score (nSPS) is 13.2. The average molecular weight is 369 g/mol. The van der Waals surface area contributed by atoms with Crippen molar-refractivity contribution in [1.82, 2.24) is 5.32 Å². The van der Waals surface area contributed by atoms with Crippen molar-refractivity contribution in [3.05, 3.63) is 28.8 Å². The van der Waals surface area contributed by atoms with E-state index in [2.05, 4.69) is 10.6 Å². The summed E-state index contributed by atoms with van der Waals surface area (Å²) in [5, 5.41) is 14.7. The van der Waals surface area contributed by atoms with Crippen LogP contribution < -0.4 is 10.6 Å². The van der Waals surface area contributed by atoms with Gasteiger partial charge in [0.25, 0.3) is 5.91 Å². The molecule has 25 heavy (non-hydrogen) atoms. The van der Waals surface area contributed by atoms with Gasteiger partial charge in [-0.2, -0.15) is 0 Å². The zero-order valence-electron chi connectivity index (χ0n) is 14.9. The van der Waals surface area contributed by atoms with Crippen molar-refractivity contribution in [2.45, 2.75) is 46.6 Å². The molecule has 0 heterocycles. The van der Waals surface area contributed by atoms with Gasteiger partial charge in [-0.05, 0) is 30.0 Å². The first-order valence-electron chi connectivity index (χ1n) is 8.28. The van der Waals surface area contributed by atoms with Crippen molar-refractivity contribution in [2.75, 3.05) is 5.32 Å². The highest BCUT2D eigenvalue weighted by Gasteiger charge is 2.26. The van der Waals surface area contributed by atoms with Crippen LogP contribution in [0.15, 0.2) is 18.2 Å². The highest BCUT2D eigenvalue weighted by molar-refractivity contribution is 6.34. The van der Waals surface area contributed by atoms with Crippen LogP contribution in [0, 0.1) is 11.8 Å². The van der Waals surface area contributed by atoms with Gasteiger partial charge in [0.1, 0.15) is 6.04 Å². The van der Waals surface area contributed by atoms with Gasteiger partial charge in [0.15, 0.2) is 0 Å². The summed E-state index contributed by atoms with van der Waals surface area (Å²) in [6, 6.07) is 3.54. The quantitative estimate of drug-likeness (QED) is 0.653. The van der Waals surface area contributed by atoms with E-state index in [4.69, 9.17) is 11.6 Å². The lowest BCUT2D eigenvalue weighted by atomic mass is 9.99. The number of rotatable bonds is 8. The number of carboxylic acids is 1. The first-order chi connectivity index (χ1) is 11.6. The number of carbonyl (C=O) groups excluding carboxylic acids is 2. The molecule has 1 rings (SSSR count). The minimum absolute atomic E-state index is 0.124. The third-order valence-corrected chi connectivity index (χ3v) is 4.18. The lowest BCUT2D eigenvalue weighted by Crippen LogP contribution is -2.45. The van der Waals surface area contributed by atoms with Crippen LogP contribution in [0.1, 0.15) is 50.9 Å². The lowest BCUT2D eigenvalue weighted by molar-refractivity contribution is -0.140. The van der Waals surface area contributed by atoms with Gasteiger partial charge in [-0.15, -0.1) is 0 Å². The molecule has 0 aliphatic rings. The summed E-state index contributed by atoms with van der Waals surface area (Å²) in [6.07, 6.45) is 0.968. The fraction of sp³-hybridized carbons (Fsp3) is 0.500. The van der Waals surface area contributed by atoms with Crippen LogP contribution in [0.5, 0.6) is 0 Å². The monoisotopic (exact) mass is 368 g/mol. The smallest absolute Gasteiger partial charge is 0.326 e. The first-order valence-corrected chi connectivity index (χ1v) is 8.66. The Morgan fingerprint density at radius 2 is 1.84 bits per heavy atom. The van der Waals surface area contributed by atoms with E-state index in [1.54, 1.807) is 13.0 Å². The SMILES string of the molecule is CCC(C)C(NC(=O)c1cc(NC(=O)CC(C)C)ccc1Cl)C(=O)O. The van der Waals surface area contributed by atoms with Gasteiger partial charge in [0.05, 0.1) is 10.6 Å². The summed E-state index contributed by atoms with van der Waals surface area (Å²) in [6.45, 7) is 7.47. The number of hydrogen-bond acceptors (Lipinski definition) is 3. The number of carboxylic acid groups (broad SMARTS) is 1. The Morgan fingerprint density at radius 1 is 1.20 bits per heavy atom. The first kappa shape index (κ1) is 21.0. The van der Waals surface area contributed by atoms with Gasteiger partial charge in [0.2, 0.25) is 5.91 Å². The maximum atomic E-state index is 12.4. The summed E-state index contributed by atoms with van der Waals surface area (Å²) >= 11 is 6.07. The van der Waals surface area contributed by atoms with E-state index in [0.717, 1.165) is 0 Å². The maximum Gasteiger partial charge on any atom is 0.326 e. The molecule has 2 amide bonds. The molecule has 2 unspecified atom stereocenters. The molecule has 6 nitrogen and oxygen atoms in total. The van der Waals surface area contributed by atoms with E-state index in [0.29, 0.717) is 18.5 Å². The molecule has 138 valence electrons. The molecule has 0 aliphatic carbocycles. The van der Waals surface area contributed by atoms with E-state index < -0.39 is 17.9 Å². The number of aliphatic carboxylic acids is 1. The second-order valence-electron chi connectivity index (χ2n) is 6.52. The van der Waals surface area contributed by atoms with Crippen molar-refractivity contribution in [1.29, 1.82) is 0 Å². The van der Waals surface area contributed by atoms with Crippen LogP contribution in [0.25, 0.3) is 0 Å². The average Bonchev–Trinajstić information content (AvgIpc) is 2.52. The molecule has 7 heteroatoms. The molecular formula is C18H25ClN2O4. The van der Waals surface area contributed by atoms with Gasteiger partial charge in [0, 0.05) is 12.1 Å². The standard InChI is InChI=1S/C18H25ClN2O4/c1-5-11(4)16(18(24)25)21-17(23)13-9-12(6-7-14(13)19)20-15(22)8-10(2)3/h6-7,9-11,16H,5,8H2,1-4H3,(H,20,22)(H,21,23)(H,24,25). The van der Waals surface area contributed by atoms with Crippen molar-refractivity contribution < 1.29 is 19.5 Å². The predicted molar refractivity (Wildman–Crippen MR) is 97.9 cm³/mol. The minimum Gasteiger partial charge on any atom is -0.480 e. The number of nitrogens with one attached hydrogen (secondary N) is 2. The summed E-state index contributed by atoms with van der Waals surface area (Å²) in [5.74, 6) is -1.86. The van der Waals surface area contributed by atoms with Crippen molar-refractivity contribution in [3.63, 3.8) is 0 Å². The maximum absolute atomic E-state index is 12.4. The number of amides is 2. The van der Waals surface area contributed by atoms with Crippen molar-refractivity contribution in [3.8, 4) is 0 Å². The van der Waals surface area contributed by atoms with E-state index in [1.165, 1.54) is 12.1 Å². The van der Waals surface area contributed by atoms with Gasteiger partial charge >= 0.3 is 5.97 Å². The Bertz CT molecular complexity index is 646. The zero-order chi connectivity index (χ0) is 19.1. The third-order valence-electron chi connectivity index (χ3n) is 3.85. The number of hydrogen-bond donors (Lipinski definition) is 3. The molecule has 0 fully saturated rings. The van der Waals surface area contributed by atoms with E-state index in [9.17, 15) is 19.5 Å². The largest absolute Gasteiger partial charge is 0.480 e. The van der Waals surface area contributed by atoms with E-state index in [1.807, 2.05) is 20.8 Å². The molecular weight excluding hydrogens is 344 g/mol. The number of anilines is 1. The van der Waals surface area contributed by atoms with Crippen LogP contribution in [-0.2, 0) is 9.59 Å². The number of benzene rings is 1. The second-order valence-corrected chi connectivity index (χ2v) is 6.92. The number of carbonyl (C=O) groups is 3. The van der Waals surface area contributed by atoms with Crippen LogP contribution >= 0.6 is 11.6 Å². The Morgan fingerprint density at radius 3 is 2.36 bits per heavy atom. The molecule has 0 saturated heterocycles. The van der Waals surface area contributed by atoms with Crippen LogP contribution in [-0.4, -0.2) is 28.9 Å². The molecule has 0 aromatic heterocycles. The Labute approximate surface area is 152 Å². The summed E-state index contributed by atoms with van der Waals surface area (Å²) in [5.41, 5.74) is 0.564. The predicted octanol–water partition coefficient (Wildman–Crippen LogP) is 3.55. The molecule has 1 aromatic carbocycles. The van der Waals surface area contributed by atoms with Crippen LogP contribution in [0.4, 0.5) is 5.69 Å². The number of halogens is 1. The van der Waals surface area contributed by atoms with Crippen LogP contribution in [0.3, 0.4) is 0 Å². The second kappa shape index (κ2) is 9.42. The van der Waals surface area contributed by atoms with E-state index >= 15 is 0 Å². The molecule has 2 atom stereocenters. The molecule has 1 aromatic rings. The fourth-order valence-corrected chi connectivity index (χ4v) is 2.47. The van der Waals surface area contributed by atoms with Crippen molar-refractivity contribution in [2.24, 2.45) is 11.8 Å². The summed E-state index contributed by atoms with van der Waals surface area (Å²) in [4.78, 5) is 35.7. The molecule has 0 spiro atoms. The summed E-state index contributed by atoms with van der Waals surface area (Å²) in [7, 11) is 0. The summed E-state index contributed by atoms with van der Waals surface area (Å²) < 4.78 is 0. The highest BCUT2D eigenvalue weighted by atomic mass is 35.5. The Hall–Kier alpha value is -2.08. The minimum atomic E-state index is -1.10. The van der Waals surface area contributed by atoms with E-state index in [-0.39, 0.29) is 28.3 Å². The molecule has 0 saturated carbocycles. The van der Waals surface area contributed by atoms with Gasteiger partial charge in [-0.25, -0.2) is 4.79 Å². The molecule has 0 aliphatic heterocycles.